The Morgan fingerprint density at radius 1 is 1.10 bits per heavy atom. The molecule has 0 unspecified atom stereocenters. The van der Waals surface area contributed by atoms with Crippen molar-refractivity contribution in [2.45, 2.75) is 13.0 Å². The summed E-state index contributed by atoms with van der Waals surface area (Å²) in [7, 11) is 0. The van der Waals surface area contributed by atoms with Gasteiger partial charge in [-0.15, -0.1) is 0 Å². The van der Waals surface area contributed by atoms with Crippen molar-refractivity contribution in [3.63, 3.8) is 0 Å². The number of anilines is 1. The van der Waals surface area contributed by atoms with E-state index in [4.69, 9.17) is 0 Å². The van der Waals surface area contributed by atoms with Gasteiger partial charge in [0.15, 0.2) is 0 Å². The van der Waals surface area contributed by atoms with Crippen molar-refractivity contribution in [3.05, 3.63) is 65.9 Å². The molecule has 7 heteroatoms. The van der Waals surface area contributed by atoms with Gasteiger partial charge in [0.2, 0.25) is 0 Å². The molecule has 1 amide bonds. The number of aromatic amines is 1. The molecule has 0 radical (unpaired) electrons. The van der Waals surface area contributed by atoms with E-state index in [1.807, 2.05) is 41.3 Å². The van der Waals surface area contributed by atoms with E-state index < -0.39 is 12.0 Å². The zero-order valence-corrected chi connectivity index (χ0v) is 17.0. The fraction of sp³-hybridized carbons (Fsp3) is 0.304. The minimum atomic E-state index is -0.845. The van der Waals surface area contributed by atoms with Crippen LogP contribution in [0.25, 0.3) is 10.9 Å². The molecule has 0 spiro atoms. The maximum absolute atomic E-state index is 12.4. The highest BCUT2D eigenvalue weighted by Gasteiger charge is 2.31. The SMILES string of the molecule is CCN1CCN([C@H](C(=O)O)c2c[nH]c3cc(NC(=O)c4ccccc4)ccc23)CC1. The molecule has 7 nitrogen and oxygen atoms in total. The van der Waals surface area contributed by atoms with E-state index in [0.29, 0.717) is 11.3 Å². The van der Waals surface area contributed by atoms with Crippen LogP contribution in [0.2, 0.25) is 0 Å². The quantitative estimate of drug-likeness (QED) is 0.585. The van der Waals surface area contributed by atoms with Crippen molar-refractivity contribution in [2.24, 2.45) is 0 Å². The minimum absolute atomic E-state index is 0.182. The number of carboxylic acid groups (broad SMARTS) is 1. The molecule has 4 rings (SSSR count). The summed E-state index contributed by atoms with van der Waals surface area (Å²) >= 11 is 0. The first kappa shape index (κ1) is 20.1. The Morgan fingerprint density at radius 3 is 2.50 bits per heavy atom. The lowest BCUT2D eigenvalue weighted by molar-refractivity contribution is -0.144. The highest BCUT2D eigenvalue weighted by atomic mass is 16.4. The number of hydrogen-bond donors (Lipinski definition) is 3. The molecule has 3 aromatic rings. The molecule has 1 aliphatic rings. The number of piperazine rings is 1. The number of fused-ring (bicyclic) bond motifs is 1. The summed E-state index contributed by atoms with van der Waals surface area (Å²) in [5.41, 5.74) is 2.80. The lowest BCUT2D eigenvalue weighted by Gasteiger charge is -2.37. The summed E-state index contributed by atoms with van der Waals surface area (Å²) in [6.45, 7) is 6.30. The number of likely N-dealkylation sites (N-methyl/N-ethyl adjacent to an activating group) is 1. The van der Waals surface area contributed by atoms with Gasteiger partial charge in [0.25, 0.3) is 5.91 Å². The predicted octanol–water partition coefficient (Wildman–Crippen LogP) is 3.18. The third kappa shape index (κ3) is 4.08. The average Bonchev–Trinajstić information content (AvgIpc) is 3.17. The van der Waals surface area contributed by atoms with Gasteiger partial charge >= 0.3 is 5.97 Å². The molecule has 0 aliphatic carbocycles. The van der Waals surface area contributed by atoms with Gasteiger partial charge in [-0.25, -0.2) is 0 Å². The lowest BCUT2D eigenvalue weighted by Crippen LogP contribution is -2.49. The first-order valence-electron chi connectivity index (χ1n) is 10.2. The number of carboxylic acids is 1. The van der Waals surface area contributed by atoms with Gasteiger partial charge in [-0.1, -0.05) is 31.2 Å². The van der Waals surface area contributed by atoms with E-state index in [0.717, 1.165) is 49.2 Å². The summed E-state index contributed by atoms with van der Waals surface area (Å²) < 4.78 is 0. The van der Waals surface area contributed by atoms with E-state index in [1.165, 1.54) is 0 Å². The van der Waals surface area contributed by atoms with Crippen molar-refractivity contribution in [3.8, 4) is 0 Å². The molecule has 2 heterocycles. The van der Waals surface area contributed by atoms with Gasteiger partial charge in [0, 0.05) is 60.1 Å². The third-order valence-electron chi connectivity index (χ3n) is 5.76. The van der Waals surface area contributed by atoms with Gasteiger partial charge in [-0.05, 0) is 30.8 Å². The van der Waals surface area contributed by atoms with Crippen LogP contribution in [0.5, 0.6) is 0 Å². The Morgan fingerprint density at radius 2 is 1.83 bits per heavy atom. The largest absolute Gasteiger partial charge is 0.480 e. The topological polar surface area (TPSA) is 88.7 Å². The van der Waals surface area contributed by atoms with Crippen LogP contribution in [0.15, 0.2) is 54.7 Å². The Balaban J connectivity index is 1.56. The Hall–Kier alpha value is -3.16. The number of aliphatic carboxylic acids is 1. The Bertz CT molecular complexity index is 1040. The lowest BCUT2D eigenvalue weighted by atomic mass is 10.0. The molecule has 1 atom stereocenters. The van der Waals surface area contributed by atoms with Crippen LogP contribution >= 0.6 is 0 Å². The summed E-state index contributed by atoms with van der Waals surface area (Å²) in [5.74, 6) is -1.03. The summed E-state index contributed by atoms with van der Waals surface area (Å²) in [4.78, 5) is 32.1. The van der Waals surface area contributed by atoms with E-state index in [9.17, 15) is 14.7 Å². The monoisotopic (exact) mass is 406 g/mol. The fourth-order valence-electron chi connectivity index (χ4n) is 4.07. The van der Waals surface area contributed by atoms with Gasteiger partial charge in [-0.3, -0.25) is 14.5 Å². The van der Waals surface area contributed by atoms with Crippen molar-refractivity contribution in [1.82, 2.24) is 14.8 Å². The maximum atomic E-state index is 12.4. The van der Waals surface area contributed by atoms with Crippen LogP contribution in [0.3, 0.4) is 0 Å². The molecule has 1 aromatic heterocycles. The molecule has 1 aliphatic heterocycles. The summed E-state index contributed by atoms with van der Waals surface area (Å²) in [5, 5.41) is 13.7. The normalized spacial score (nSPS) is 16.4. The standard InChI is InChI=1S/C23H26N4O3/c1-2-26-10-12-27(13-11-26)21(23(29)30)19-15-24-20-14-17(8-9-18(19)20)25-22(28)16-6-4-3-5-7-16/h3-9,14-15,21,24H,2,10-13H2,1H3,(H,25,28)(H,29,30)/t21-/m0/s1. The van der Waals surface area contributed by atoms with Crippen LogP contribution in [0.4, 0.5) is 5.69 Å². The second-order valence-electron chi connectivity index (χ2n) is 7.54. The van der Waals surface area contributed by atoms with Crippen LogP contribution < -0.4 is 5.32 Å². The number of carbonyl (C=O) groups excluding carboxylic acids is 1. The van der Waals surface area contributed by atoms with Crippen LogP contribution in [-0.2, 0) is 4.79 Å². The van der Waals surface area contributed by atoms with Crippen molar-refractivity contribution < 1.29 is 14.7 Å². The maximum Gasteiger partial charge on any atom is 0.325 e. The number of amides is 1. The van der Waals surface area contributed by atoms with Crippen LogP contribution in [-0.4, -0.2) is 64.5 Å². The number of H-pyrrole nitrogens is 1. The zero-order chi connectivity index (χ0) is 21.1. The highest BCUT2D eigenvalue weighted by molar-refractivity contribution is 6.05. The first-order chi connectivity index (χ1) is 14.6. The second kappa shape index (κ2) is 8.69. The number of benzene rings is 2. The molecule has 2 aromatic carbocycles. The Labute approximate surface area is 175 Å². The summed E-state index contributed by atoms with van der Waals surface area (Å²) in [6.07, 6.45) is 1.78. The predicted molar refractivity (Wildman–Crippen MR) is 117 cm³/mol. The van der Waals surface area contributed by atoms with E-state index in [1.54, 1.807) is 18.3 Å². The van der Waals surface area contributed by atoms with Gasteiger partial charge in [-0.2, -0.15) is 0 Å². The highest BCUT2D eigenvalue weighted by Crippen LogP contribution is 2.31. The smallest absolute Gasteiger partial charge is 0.325 e. The molecule has 30 heavy (non-hydrogen) atoms. The second-order valence-corrected chi connectivity index (χ2v) is 7.54. The molecule has 1 fully saturated rings. The minimum Gasteiger partial charge on any atom is -0.480 e. The van der Waals surface area contributed by atoms with Gasteiger partial charge < -0.3 is 20.3 Å². The number of carbonyl (C=O) groups is 2. The number of nitrogens with zero attached hydrogens (tertiary/aromatic N) is 2. The van der Waals surface area contributed by atoms with Crippen LogP contribution in [0.1, 0.15) is 28.9 Å². The Kier molecular flexibility index (Phi) is 5.83. The van der Waals surface area contributed by atoms with Gasteiger partial charge in [0.05, 0.1) is 0 Å². The van der Waals surface area contributed by atoms with Crippen molar-refractivity contribution in [1.29, 1.82) is 0 Å². The average molecular weight is 406 g/mol. The van der Waals surface area contributed by atoms with Crippen LogP contribution in [0, 0.1) is 0 Å². The molecule has 1 saturated heterocycles. The number of nitrogens with one attached hydrogen (secondary N) is 2. The fourth-order valence-corrected chi connectivity index (χ4v) is 4.07. The number of hydrogen-bond acceptors (Lipinski definition) is 4. The first-order valence-corrected chi connectivity index (χ1v) is 10.2. The van der Waals surface area contributed by atoms with E-state index in [2.05, 4.69) is 22.1 Å². The molecule has 0 bridgehead atoms. The van der Waals surface area contributed by atoms with E-state index in [-0.39, 0.29) is 5.91 Å². The number of aromatic nitrogens is 1. The van der Waals surface area contributed by atoms with Crippen molar-refractivity contribution >= 4 is 28.5 Å². The molecule has 156 valence electrons. The summed E-state index contributed by atoms with van der Waals surface area (Å²) in [6, 6.07) is 13.9. The number of rotatable bonds is 6. The molecular weight excluding hydrogens is 380 g/mol. The molecular formula is C23H26N4O3. The molecule has 0 saturated carbocycles. The molecule has 3 N–H and O–H groups in total. The van der Waals surface area contributed by atoms with Crippen molar-refractivity contribution in [2.75, 3.05) is 38.0 Å². The third-order valence-corrected chi connectivity index (χ3v) is 5.76. The van der Waals surface area contributed by atoms with E-state index >= 15 is 0 Å². The zero-order valence-electron chi connectivity index (χ0n) is 17.0. The van der Waals surface area contributed by atoms with Gasteiger partial charge in [0.1, 0.15) is 6.04 Å².